The molecule has 1 heterocycles. The summed E-state index contributed by atoms with van der Waals surface area (Å²) in [5, 5.41) is 2.41. The molecule has 37 heavy (non-hydrogen) atoms. The van der Waals surface area contributed by atoms with Crippen LogP contribution in [0.4, 0.5) is 26.3 Å². The fourth-order valence-corrected chi connectivity index (χ4v) is 5.42. The molecule has 202 valence electrons. The number of alkyl halides is 2. The summed E-state index contributed by atoms with van der Waals surface area (Å²) in [6.45, 7) is 6.82. The predicted molar refractivity (Wildman–Crippen MR) is 128 cm³/mol. The summed E-state index contributed by atoms with van der Waals surface area (Å²) in [5.74, 6) is -7.95. The molecule has 2 atom stereocenters. The summed E-state index contributed by atoms with van der Waals surface area (Å²) in [5.41, 5.74) is -1.06. The molecule has 1 saturated heterocycles. The average molecular weight is 528 g/mol. The maximum Gasteiger partial charge on any atom is 0.269 e. The summed E-state index contributed by atoms with van der Waals surface area (Å²) >= 11 is 0. The van der Waals surface area contributed by atoms with Gasteiger partial charge in [-0.3, -0.25) is 14.6 Å². The summed E-state index contributed by atoms with van der Waals surface area (Å²) in [6, 6.07) is 2.15. The van der Waals surface area contributed by atoms with Gasteiger partial charge in [-0.05, 0) is 56.5 Å². The van der Waals surface area contributed by atoms with Crippen molar-refractivity contribution in [3.8, 4) is 11.1 Å². The topological polar surface area (TPSA) is 35.6 Å². The van der Waals surface area contributed by atoms with Crippen LogP contribution < -0.4 is 5.32 Å². The first-order valence-electron chi connectivity index (χ1n) is 12.5. The number of hydrogen-bond donors (Lipinski definition) is 1. The van der Waals surface area contributed by atoms with Crippen molar-refractivity contribution in [2.75, 3.05) is 26.2 Å². The quantitative estimate of drug-likeness (QED) is 0.528. The lowest BCUT2D eigenvalue weighted by Gasteiger charge is -2.47. The van der Waals surface area contributed by atoms with E-state index in [0.29, 0.717) is 38.0 Å². The highest BCUT2D eigenvalue weighted by Gasteiger charge is 2.49. The third-order valence-electron chi connectivity index (χ3n) is 7.35. The molecule has 1 saturated carbocycles. The zero-order valence-electron chi connectivity index (χ0n) is 20.8. The Morgan fingerprint density at radius 3 is 2.22 bits per heavy atom. The Hall–Kier alpha value is -2.59. The first-order chi connectivity index (χ1) is 17.4. The van der Waals surface area contributed by atoms with E-state index in [1.807, 2.05) is 4.90 Å². The molecular formula is C27H31F6N3O. The van der Waals surface area contributed by atoms with E-state index >= 15 is 13.2 Å². The maximum atomic E-state index is 15.2. The highest BCUT2D eigenvalue weighted by atomic mass is 19.3. The van der Waals surface area contributed by atoms with E-state index in [2.05, 4.69) is 24.1 Å². The van der Waals surface area contributed by atoms with Gasteiger partial charge in [0.1, 0.15) is 29.3 Å². The van der Waals surface area contributed by atoms with Crippen LogP contribution in [-0.4, -0.2) is 65.9 Å². The normalized spacial score (nSPS) is 22.8. The van der Waals surface area contributed by atoms with E-state index in [9.17, 15) is 18.0 Å². The Balaban J connectivity index is 1.53. The molecule has 1 N–H and O–H groups in total. The van der Waals surface area contributed by atoms with Crippen LogP contribution in [0.15, 0.2) is 30.3 Å². The number of hydrogen-bond acceptors (Lipinski definition) is 3. The molecule has 10 heteroatoms. The minimum absolute atomic E-state index is 0.240. The Bertz CT molecular complexity index is 1110. The third kappa shape index (κ3) is 6.29. The number of rotatable bonds is 6. The number of nitrogens with zero attached hydrogens (tertiary/aromatic N) is 2. The van der Waals surface area contributed by atoms with Gasteiger partial charge in [-0.25, -0.2) is 26.3 Å². The highest BCUT2D eigenvalue weighted by Crippen LogP contribution is 2.37. The van der Waals surface area contributed by atoms with Crippen molar-refractivity contribution in [2.45, 2.75) is 63.6 Å². The summed E-state index contributed by atoms with van der Waals surface area (Å²) < 4.78 is 86.8. The van der Waals surface area contributed by atoms with Gasteiger partial charge in [-0.15, -0.1) is 0 Å². The minimum Gasteiger partial charge on any atom is -0.345 e. The van der Waals surface area contributed by atoms with Crippen molar-refractivity contribution >= 4 is 5.91 Å². The van der Waals surface area contributed by atoms with Gasteiger partial charge in [-0.1, -0.05) is 0 Å². The van der Waals surface area contributed by atoms with Crippen molar-refractivity contribution in [1.82, 2.24) is 15.1 Å². The molecule has 2 fully saturated rings. The van der Waals surface area contributed by atoms with Gasteiger partial charge in [0.05, 0.1) is 6.42 Å². The molecule has 0 spiro atoms. The second-order valence-corrected chi connectivity index (χ2v) is 10.2. The predicted octanol–water partition coefficient (Wildman–Crippen LogP) is 5.15. The van der Waals surface area contributed by atoms with Crippen LogP contribution in [0, 0.1) is 23.3 Å². The number of benzene rings is 2. The molecular weight excluding hydrogens is 496 g/mol. The zero-order chi connectivity index (χ0) is 26.9. The van der Waals surface area contributed by atoms with Gasteiger partial charge in [0.25, 0.3) is 5.92 Å². The van der Waals surface area contributed by atoms with Gasteiger partial charge in [0, 0.05) is 61.9 Å². The largest absolute Gasteiger partial charge is 0.345 e. The van der Waals surface area contributed by atoms with Crippen molar-refractivity contribution in [3.63, 3.8) is 0 Å². The second-order valence-electron chi connectivity index (χ2n) is 10.2. The van der Waals surface area contributed by atoms with Gasteiger partial charge in [-0.2, -0.15) is 0 Å². The van der Waals surface area contributed by atoms with Crippen molar-refractivity contribution in [1.29, 1.82) is 0 Å². The first kappa shape index (κ1) is 27.4. The van der Waals surface area contributed by atoms with Gasteiger partial charge in [0.2, 0.25) is 5.91 Å². The Labute approximate surface area is 212 Å². The Morgan fingerprint density at radius 1 is 0.973 bits per heavy atom. The second kappa shape index (κ2) is 11.0. The molecule has 1 amide bonds. The molecule has 1 aliphatic heterocycles. The summed E-state index contributed by atoms with van der Waals surface area (Å²) in [6.07, 6.45) is -0.259. The van der Waals surface area contributed by atoms with E-state index in [-0.39, 0.29) is 12.0 Å². The van der Waals surface area contributed by atoms with Crippen LogP contribution in [0.25, 0.3) is 11.1 Å². The molecule has 4 nitrogen and oxygen atoms in total. The summed E-state index contributed by atoms with van der Waals surface area (Å²) in [4.78, 5) is 17.1. The van der Waals surface area contributed by atoms with Crippen LogP contribution in [0.2, 0.25) is 0 Å². The van der Waals surface area contributed by atoms with E-state index in [0.717, 1.165) is 37.4 Å². The van der Waals surface area contributed by atoms with E-state index in [1.165, 1.54) is 0 Å². The molecule has 4 rings (SSSR count). The zero-order valence-corrected chi connectivity index (χ0v) is 20.8. The van der Waals surface area contributed by atoms with Crippen molar-refractivity contribution < 1.29 is 31.1 Å². The number of amides is 1. The number of halogens is 6. The smallest absolute Gasteiger partial charge is 0.269 e. The molecule has 0 radical (unpaired) electrons. The Morgan fingerprint density at radius 2 is 1.59 bits per heavy atom. The minimum atomic E-state index is -3.15. The monoisotopic (exact) mass is 527 g/mol. The van der Waals surface area contributed by atoms with Gasteiger partial charge >= 0.3 is 0 Å². The molecule has 1 aliphatic carbocycles. The number of nitrogens with one attached hydrogen (secondary N) is 1. The standard InChI is InChI=1S/C27H31F6N3O/c1-16(2)35-6-8-36(9-7-35)23-4-3-5-27(32,33)26(23)34-24(37)13-18-12-21(30)15-22(25(18)31)17-10-19(28)14-20(29)11-17/h10-12,14-16,23,26H,3-9,13H2,1-2H3,(H,34,37)/t23-,26+/m0/s1. The lowest BCUT2D eigenvalue weighted by atomic mass is 9.85. The molecule has 2 aliphatic rings. The van der Waals surface area contributed by atoms with Crippen molar-refractivity contribution in [2.24, 2.45) is 0 Å². The van der Waals surface area contributed by atoms with Crippen molar-refractivity contribution in [3.05, 3.63) is 59.2 Å². The first-order valence-corrected chi connectivity index (χ1v) is 12.5. The van der Waals surface area contributed by atoms with Crippen LogP contribution in [0.3, 0.4) is 0 Å². The van der Waals surface area contributed by atoms with Crippen LogP contribution in [0.5, 0.6) is 0 Å². The number of carbonyl (C=O) groups excluding carboxylic acids is 1. The summed E-state index contributed by atoms with van der Waals surface area (Å²) in [7, 11) is 0. The lowest BCUT2D eigenvalue weighted by Crippen LogP contribution is -2.64. The number of piperazine rings is 1. The molecule has 2 aromatic rings. The lowest BCUT2D eigenvalue weighted by molar-refractivity contribution is -0.133. The molecule has 0 unspecified atom stereocenters. The van der Waals surface area contributed by atoms with Crippen LogP contribution >= 0.6 is 0 Å². The highest BCUT2D eigenvalue weighted by molar-refractivity contribution is 5.80. The molecule has 0 bridgehead atoms. The fourth-order valence-electron chi connectivity index (χ4n) is 5.42. The van der Waals surface area contributed by atoms with Crippen LogP contribution in [-0.2, 0) is 11.2 Å². The van der Waals surface area contributed by atoms with E-state index in [1.54, 1.807) is 0 Å². The van der Waals surface area contributed by atoms with Gasteiger partial charge < -0.3 is 5.32 Å². The number of carbonyl (C=O) groups is 1. The van der Waals surface area contributed by atoms with Crippen LogP contribution in [0.1, 0.15) is 38.7 Å². The van der Waals surface area contributed by atoms with E-state index < -0.39 is 64.7 Å². The maximum absolute atomic E-state index is 15.2. The Kier molecular flexibility index (Phi) is 8.18. The molecule has 2 aromatic carbocycles. The SMILES string of the molecule is CC(C)N1CCN([C@H]2CCCC(F)(F)[C@@H]2NC(=O)Cc2cc(F)cc(-c3cc(F)cc(F)c3)c2F)CC1. The van der Waals surface area contributed by atoms with E-state index in [4.69, 9.17) is 0 Å². The molecule has 0 aromatic heterocycles. The average Bonchev–Trinajstić information content (AvgIpc) is 2.81. The van der Waals surface area contributed by atoms with Gasteiger partial charge in [0.15, 0.2) is 0 Å². The fraction of sp³-hybridized carbons (Fsp3) is 0.519. The third-order valence-corrected chi connectivity index (χ3v) is 7.35.